The second-order valence-electron chi connectivity index (χ2n) is 6.14. The van der Waals surface area contributed by atoms with Crippen LogP contribution in [0.5, 0.6) is 0 Å². The minimum Gasteiger partial charge on any atom is -0.367 e. The first-order valence-electron chi connectivity index (χ1n) is 6.87. The van der Waals surface area contributed by atoms with E-state index in [1.807, 2.05) is 20.8 Å². The van der Waals surface area contributed by atoms with Gasteiger partial charge >= 0.3 is 5.97 Å². The number of hydrogen-bond acceptors (Lipinski definition) is 5. The van der Waals surface area contributed by atoms with Crippen LogP contribution in [0.15, 0.2) is 5.38 Å². The van der Waals surface area contributed by atoms with E-state index >= 15 is 0 Å². The monoisotopic (exact) mass is 408 g/mol. The fraction of sp³-hybridized carbons (Fsp3) is 0.714. The van der Waals surface area contributed by atoms with E-state index in [0.717, 1.165) is 30.4 Å². The van der Waals surface area contributed by atoms with E-state index in [-0.39, 0.29) is 5.97 Å². The smallest absolute Gasteiger partial charge is 0.330 e. The zero-order valence-corrected chi connectivity index (χ0v) is 15.2. The molecule has 4 nitrogen and oxygen atoms in total. The highest BCUT2D eigenvalue weighted by Crippen LogP contribution is 2.31. The standard InChI is InChI=1S/C14H21IN2O2S/c1-14(2,3)13(18)19-17-6-4-10(5-7-17)12-16-11(8-15)9-20-12/h9-10H,4-8H2,1-3H3. The Labute approximate surface area is 138 Å². The molecule has 20 heavy (non-hydrogen) atoms. The van der Waals surface area contributed by atoms with Gasteiger partial charge in [-0.15, -0.1) is 16.4 Å². The van der Waals surface area contributed by atoms with Gasteiger partial charge in [0, 0.05) is 28.8 Å². The predicted octanol–water partition coefficient (Wildman–Crippen LogP) is 3.76. The zero-order chi connectivity index (χ0) is 14.8. The molecule has 1 aromatic rings. The Hall–Kier alpha value is -0.210. The number of halogens is 1. The Kier molecular flexibility index (Phi) is 5.42. The number of thiazole rings is 1. The number of hydrogen-bond donors (Lipinski definition) is 0. The van der Waals surface area contributed by atoms with Crippen molar-refractivity contribution >= 4 is 39.9 Å². The molecular formula is C14H21IN2O2S. The van der Waals surface area contributed by atoms with Crippen LogP contribution in [0.1, 0.15) is 50.2 Å². The van der Waals surface area contributed by atoms with Gasteiger partial charge < -0.3 is 4.84 Å². The number of carbonyl (C=O) groups excluding carboxylic acids is 1. The van der Waals surface area contributed by atoms with Crippen LogP contribution in [-0.2, 0) is 14.1 Å². The third-order valence-corrected chi connectivity index (χ3v) is 5.17. The molecule has 0 aromatic carbocycles. The number of hydroxylamine groups is 2. The van der Waals surface area contributed by atoms with Crippen LogP contribution >= 0.6 is 33.9 Å². The molecule has 0 aliphatic carbocycles. The molecule has 0 amide bonds. The van der Waals surface area contributed by atoms with E-state index < -0.39 is 5.41 Å². The summed E-state index contributed by atoms with van der Waals surface area (Å²) in [5.74, 6) is 0.360. The molecular weight excluding hydrogens is 387 g/mol. The fourth-order valence-corrected chi connectivity index (χ4v) is 3.70. The van der Waals surface area contributed by atoms with Crippen molar-refractivity contribution in [1.82, 2.24) is 10.0 Å². The van der Waals surface area contributed by atoms with Crippen molar-refractivity contribution < 1.29 is 9.63 Å². The lowest BCUT2D eigenvalue weighted by molar-refractivity contribution is -0.204. The molecule has 1 fully saturated rings. The summed E-state index contributed by atoms with van der Waals surface area (Å²) in [7, 11) is 0. The van der Waals surface area contributed by atoms with Crippen LogP contribution in [0.4, 0.5) is 0 Å². The summed E-state index contributed by atoms with van der Waals surface area (Å²) in [6.45, 7) is 7.23. The Bertz CT molecular complexity index is 462. The maximum Gasteiger partial charge on any atom is 0.330 e. The molecule has 0 spiro atoms. The molecule has 112 valence electrons. The third kappa shape index (κ3) is 4.14. The predicted molar refractivity (Wildman–Crippen MR) is 88.9 cm³/mol. The SMILES string of the molecule is CC(C)(C)C(=O)ON1CCC(c2nc(CI)cs2)CC1. The lowest BCUT2D eigenvalue weighted by Crippen LogP contribution is -2.38. The van der Waals surface area contributed by atoms with E-state index in [1.165, 1.54) is 10.7 Å². The van der Waals surface area contributed by atoms with Crippen molar-refractivity contribution in [3.05, 3.63) is 16.1 Å². The lowest BCUT2D eigenvalue weighted by atomic mass is 9.97. The van der Waals surface area contributed by atoms with Crippen LogP contribution in [0.3, 0.4) is 0 Å². The average molecular weight is 408 g/mol. The third-order valence-electron chi connectivity index (χ3n) is 3.33. The van der Waals surface area contributed by atoms with Gasteiger partial charge in [0.15, 0.2) is 0 Å². The number of piperidine rings is 1. The van der Waals surface area contributed by atoms with E-state index in [9.17, 15) is 4.79 Å². The van der Waals surface area contributed by atoms with Gasteiger partial charge in [0.05, 0.1) is 16.1 Å². The topological polar surface area (TPSA) is 42.4 Å². The van der Waals surface area contributed by atoms with E-state index in [0.29, 0.717) is 5.92 Å². The number of alkyl halides is 1. The Morgan fingerprint density at radius 1 is 1.50 bits per heavy atom. The van der Waals surface area contributed by atoms with Gasteiger partial charge in [-0.2, -0.15) is 0 Å². The molecule has 6 heteroatoms. The molecule has 2 heterocycles. The molecule has 1 aromatic heterocycles. The first-order chi connectivity index (χ1) is 9.40. The highest BCUT2D eigenvalue weighted by Gasteiger charge is 2.29. The molecule has 1 saturated heterocycles. The van der Waals surface area contributed by atoms with Crippen molar-refractivity contribution in [3.63, 3.8) is 0 Å². The van der Waals surface area contributed by atoms with Crippen molar-refractivity contribution in [2.75, 3.05) is 13.1 Å². The van der Waals surface area contributed by atoms with Crippen molar-refractivity contribution in [3.8, 4) is 0 Å². The van der Waals surface area contributed by atoms with Crippen molar-refractivity contribution in [1.29, 1.82) is 0 Å². The first kappa shape index (κ1) is 16.2. The molecule has 1 aliphatic rings. The number of carbonyl (C=O) groups is 1. The average Bonchev–Trinajstić information content (AvgIpc) is 2.87. The molecule has 0 unspecified atom stereocenters. The Morgan fingerprint density at radius 3 is 2.65 bits per heavy atom. The van der Waals surface area contributed by atoms with E-state index in [4.69, 9.17) is 4.84 Å². The molecule has 0 saturated carbocycles. The summed E-state index contributed by atoms with van der Waals surface area (Å²) in [6.07, 6.45) is 2.01. The van der Waals surface area contributed by atoms with Gasteiger partial charge in [0.2, 0.25) is 0 Å². The summed E-state index contributed by atoms with van der Waals surface area (Å²) in [5.41, 5.74) is 0.730. The molecule has 1 aliphatic heterocycles. The van der Waals surface area contributed by atoms with Gasteiger partial charge in [-0.3, -0.25) is 0 Å². The maximum absolute atomic E-state index is 11.9. The molecule has 0 radical (unpaired) electrons. The summed E-state index contributed by atoms with van der Waals surface area (Å²) >= 11 is 4.10. The summed E-state index contributed by atoms with van der Waals surface area (Å²) in [5, 5.41) is 5.18. The van der Waals surface area contributed by atoms with Gasteiger partial charge in [0.1, 0.15) is 0 Å². The van der Waals surface area contributed by atoms with Gasteiger partial charge in [-0.05, 0) is 33.6 Å². The normalized spacial score (nSPS) is 18.2. The Balaban J connectivity index is 1.85. The van der Waals surface area contributed by atoms with Gasteiger partial charge in [0.25, 0.3) is 0 Å². The highest BCUT2D eigenvalue weighted by atomic mass is 127. The molecule has 0 bridgehead atoms. The van der Waals surface area contributed by atoms with Crippen LogP contribution in [0.2, 0.25) is 0 Å². The van der Waals surface area contributed by atoms with Crippen molar-refractivity contribution in [2.24, 2.45) is 5.41 Å². The quantitative estimate of drug-likeness (QED) is 0.564. The fourth-order valence-electron chi connectivity index (χ4n) is 2.02. The molecule has 2 rings (SSSR count). The maximum atomic E-state index is 11.9. The number of aromatic nitrogens is 1. The molecule has 0 atom stereocenters. The van der Waals surface area contributed by atoms with Crippen LogP contribution in [-0.4, -0.2) is 29.1 Å². The lowest BCUT2D eigenvalue weighted by Gasteiger charge is -2.31. The summed E-state index contributed by atoms with van der Waals surface area (Å²) < 4.78 is 0.969. The summed E-state index contributed by atoms with van der Waals surface area (Å²) in [4.78, 5) is 22.0. The highest BCUT2D eigenvalue weighted by molar-refractivity contribution is 14.1. The second kappa shape index (κ2) is 6.70. The second-order valence-corrected chi connectivity index (χ2v) is 7.80. The minimum absolute atomic E-state index is 0.155. The number of nitrogens with zero attached hydrogens (tertiary/aromatic N) is 2. The first-order valence-corrected chi connectivity index (χ1v) is 9.28. The summed E-state index contributed by atoms with van der Waals surface area (Å²) in [6, 6.07) is 0. The van der Waals surface area contributed by atoms with Crippen LogP contribution in [0.25, 0.3) is 0 Å². The van der Waals surface area contributed by atoms with Gasteiger partial charge in [-0.1, -0.05) is 22.6 Å². The Morgan fingerprint density at radius 2 is 2.15 bits per heavy atom. The van der Waals surface area contributed by atoms with Crippen LogP contribution in [0, 0.1) is 5.41 Å². The van der Waals surface area contributed by atoms with Crippen molar-refractivity contribution in [2.45, 2.75) is 44.0 Å². The largest absolute Gasteiger partial charge is 0.367 e. The zero-order valence-electron chi connectivity index (χ0n) is 12.2. The number of rotatable bonds is 3. The molecule has 0 N–H and O–H groups in total. The minimum atomic E-state index is -0.443. The van der Waals surface area contributed by atoms with Gasteiger partial charge in [-0.25, -0.2) is 9.78 Å². The van der Waals surface area contributed by atoms with E-state index in [1.54, 1.807) is 16.4 Å². The van der Waals surface area contributed by atoms with E-state index in [2.05, 4.69) is 33.0 Å². The van der Waals surface area contributed by atoms with Crippen LogP contribution < -0.4 is 0 Å².